The fourth-order valence-corrected chi connectivity index (χ4v) is 3.25. The first-order valence-corrected chi connectivity index (χ1v) is 7.86. The van der Waals surface area contributed by atoms with E-state index in [0.717, 1.165) is 4.31 Å². The second kappa shape index (κ2) is 6.20. The lowest BCUT2D eigenvalue weighted by molar-refractivity contribution is -0.0689. The summed E-state index contributed by atoms with van der Waals surface area (Å²) in [5, 5.41) is 10.4. The van der Waals surface area contributed by atoms with Crippen molar-refractivity contribution >= 4 is 16.0 Å². The predicted octanol–water partition coefficient (Wildman–Crippen LogP) is -1.08. The first-order valence-electron chi connectivity index (χ1n) is 6.42. The van der Waals surface area contributed by atoms with Crippen LogP contribution in [0.3, 0.4) is 0 Å². The van der Waals surface area contributed by atoms with Crippen molar-refractivity contribution in [1.29, 1.82) is 0 Å². The van der Waals surface area contributed by atoms with Gasteiger partial charge in [0.15, 0.2) is 0 Å². The third-order valence-electron chi connectivity index (χ3n) is 3.41. The van der Waals surface area contributed by atoms with E-state index >= 15 is 0 Å². The molecule has 0 saturated carbocycles. The number of hydrogen-bond donors (Lipinski definition) is 3. The second-order valence-corrected chi connectivity index (χ2v) is 7.03. The average molecular weight is 317 g/mol. The van der Waals surface area contributed by atoms with E-state index in [1.165, 1.54) is 19.4 Å². The third kappa shape index (κ3) is 3.66. The molecule has 1 aliphatic heterocycles. The Morgan fingerprint density at radius 2 is 2.00 bits per heavy atom. The summed E-state index contributed by atoms with van der Waals surface area (Å²) in [6.07, 6.45) is 3.14. The Hall–Kier alpha value is -1.33. The Balaban J connectivity index is 2.13. The van der Waals surface area contributed by atoms with Gasteiger partial charge >= 0.3 is 0 Å². The summed E-state index contributed by atoms with van der Waals surface area (Å²) in [5.74, 6) is 5.25. The third-order valence-corrected chi connectivity index (χ3v) is 5.16. The van der Waals surface area contributed by atoms with Crippen molar-refractivity contribution in [3.63, 3.8) is 0 Å². The van der Waals surface area contributed by atoms with E-state index in [2.05, 4.69) is 15.4 Å². The van der Waals surface area contributed by atoms with Crippen LogP contribution in [0.25, 0.3) is 0 Å². The minimum Gasteiger partial charge on any atom is -0.388 e. The summed E-state index contributed by atoms with van der Waals surface area (Å²) in [6, 6.07) is 0. The van der Waals surface area contributed by atoms with Gasteiger partial charge in [0.05, 0.1) is 18.0 Å². The molecule has 1 aromatic rings. The van der Waals surface area contributed by atoms with Gasteiger partial charge in [-0.3, -0.25) is 5.43 Å². The Morgan fingerprint density at radius 1 is 1.43 bits per heavy atom. The van der Waals surface area contributed by atoms with Crippen molar-refractivity contribution in [2.75, 3.05) is 32.2 Å². The van der Waals surface area contributed by atoms with Gasteiger partial charge in [-0.05, 0) is 0 Å². The van der Waals surface area contributed by atoms with Crippen LogP contribution in [0.1, 0.15) is 12.8 Å². The lowest BCUT2D eigenvalue weighted by Gasteiger charge is -2.34. The van der Waals surface area contributed by atoms with Crippen LogP contribution in [0.5, 0.6) is 0 Å². The number of rotatable bonds is 5. The van der Waals surface area contributed by atoms with E-state index < -0.39 is 15.6 Å². The molecule has 10 heteroatoms. The lowest BCUT2D eigenvalue weighted by atomic mass is 9.95. The number of hydrazine groups is 1. The average Bonchev–Trinajstić information content (AvgIpc) is 2.47. The van der Waals surface area contributed by atoms with E-state index in [1.54, 1.807) is 0 Å². The Morgan fingerprint density at radius 3 is 2.52 bits per heavy atom. The van der Waals surface area contributed by atoms with Crippen LogP contribution in [0.15, 0.2) is 17.3 Å². The smallest absolute Gasteiger partial charge is 0.245 e. The van der Waals surface area contributed by atoms with Gasteiger partial charge in [-0.25, -0.2) is 24.2 Å². The molecule has 0 unspecified atom stereocenters. The van der Waals surface area contributed by atoms with Crippen LogP contribution in [0.4, 0.5) is 5.95 Å². The zero-order valence-electron chi connectivity index (χ0n) is 11.7. The highest BCUT2D eigenvalue weighted by Gasteiger charge is 2.35. The van der Waals surface area contributed by atoms with Gasteiger partial charge in [-0.2, -0.15) is 4.31 Å². The number of nitrogens with zero attached hydrogens (tertiary/aromatic N) is 3. The molecule has 118 valence electrons. The number of likely N-dealkylation sites (N-methyl/N-ethyl adjacent to an activating group) is 1. The number of aliphatic hydroxyl groups is 1. The molecule has 21 heavy (non-hydrogen) atoms. The SMILES string of the molecule is CN(CC1(O)CCOCC1)S(=O)(=O)c1cnc(NN)nc1. The number of aromatic nitrogens is 2. The fourth-order valence-electron chi connectivity index (χ4n) is 2.11. The maximum atomic E-state index is 12.4. The first kappa shape index (κ1) is 16.0. The number of nitrogens with two attached hydrogens (primary N) is 1. The number of nitrogens with one attached hydrogen (secondary N) is 1. The largest absolute Gasteiger partial charge is 0.388 e. The monoisotopic (exact) mass is 317 g/mol. The molecule has 0 amide bonds. The molecule has 0 atom stereocenters. The Kier molecular flexibility index (Phi) is 4.74. The van der Waals surface area contributed by atoms with Crippen LogP contribution < -0.4 is 11.3 Å². The van der Waals surface area contributed by atoms with E-state index in [0.29, 0.717) is 26.1 Å². The fraction of sp³-hybridized carbons (Fsp3) is 0.636. The molecule has 2 heterocycles. The Labute approximate surface area is 123 Å². The van der Waals surface area contributed by atoms with Gasteiger partial charge in [0.1, 0.15) is 4.90 Å². The minimum absolute atomic E-state index is 0.00438. The van der Waals surface area contributed by atoms with E-state index in [-0.39, 0.29) is 17.4 Å². The van der Waals surface area contributed by atoms with Gasteiger partial charge in [0.2, 0.25) is 16.0 Å². The Bertz CT molecular complexity index is 571. The molecule has 2 rings (SSSR count). The minimum atomic E-state index is -3.76. The number of hydrogen-bond acceptors (Lipinski definition) is 8. The van der Waals surface area contributed by atoms with Gasteiger partial charge in [-0.15, -0.1) is 0 Å². The van der Waals surface area contributed by atoms with Crippen molar-refractivity contribution in [2.45, 2.75) is 23.3 Å². The molecule has 1 saturated heterocycles. The molecule has 0 spiro atoms. The van der Waals surface area contributed by atoms with Gasteiger partial charge < -0.3 is 9.84 Å². The molecule has 1 aromatic heterocycles. The maximum absolute atomic E-state index is 12.4. The highest BCUT2D eigenvalue weighted by Crippen LogP contribution is 2.24. The quantitative estimate of drug-likeness (QED) is 0.462. The normalized spacial score (nSPS) is 18.7. The molecule has 9 nitrogen and oxygen atoms in total. The van der Waals surface area contributed by atoms with Crippen molar-refractivity contribution in [2.24, 2.45) is 5.84 Å². The van der Waals surface area contributed by atoms with Crippen LogP contribution in [-0.2, 0) is 14.8 Å². The predicted molar refractivity (Wildman–Crippen MR) is 74.7 cm³/mol. The molecule has 1 aliphatic rings. The van der Waals surface area contributed by atoms with Crippen molar-refractivity contribution in [3.05, 3.63) is 12.4 Å². The molecular weight excluding hydrogens is 298 g/mol. The van der Waals surface area contributed by atoms with Crippen molar-refractivity contribution in [3.8, 4) is 0 Å². The van der Waals surface area contributed by atoms with Gasteiger partial charge in [-0.1, -0.05) is 0 Å². The van der Waals surface area contributed by atoms with Crippen LogP contribution in [-0.4, -0.2) is 60.2 Å². The summed E-state index contributed by atoms with van der Waals surface area (Å²) in [4.78, 5) is 7.49. The summed E-state index contributed by atoms with van der Waals surface area (Å²) >= 11 is 0. The number of sulfonamides is 1. The summed E-state index contributed by atoms with van der Waals surface area (Å²) in [7, 11) is -2.35. The van der Waals surface area contributed by atoms with Crippen molar-refractivity contribution in [1.82, 2.24) is 14.3 Å². The molecule has 0 aliphatic carbocycles. The van der Waals surface area contributed by atoms with Gasteiger partial charge in [0, 0.05) is 39.6 Å². The van der Waals surface area contributed by atoms with Crippen LogP contribution in [0, 0.1) is 0 Å². The topological polar surface area (TPSA) is 131 Å². The zero-order valence-corrected chi connectivity index (χ0v) is 12.5. The molecular formula is C11H19N5O4S. The summed E-state index contributed by atoms with van der Waals surface area (Å²) in [5.41, 5.74) is 1.15. The van der Waals surface area contributed by atoms with E-state index in [4.69, 9.17) is 10.6 Å². The summed E-state index contributed by atoms with van der Waals surface area (Å²) < 4.78 is 31.1. The zero-order chi connectivity index (χ0) is 15.5. The first-order chi connectivity index (χ1) is 9.87. The molecule has 0 bridgehead atoms. The molecule has 0 radical (unpaired) electrons. The lowest BCUT2D eigenvalue weighted by Crippen LogP contribution is -2.47. The van der Waals surface area contributed by atoms with E-state index in [1.807, 2.05) is 0 Å². The number of anilines is 1. The van der Waals surface area contributed by atoms with Crippen LogP contribution >= 0.6 is 0 Å². The molecule has 1 fully saturated rings. The second-order valence-electron chi connectivity index (χ2n) is 4.98. The maximum Gasteiger partial charge on any atom is 0.245 e. The number of nitrogen functional groups attached to an aromatic ring is 1. The van der Waals surface area contributed by atoms with Gasteiger partial charge in [0.25, 0.3) is 0 Å². The van der Waals surface area contributed by atoms with Crippen LogP contribution in [0.2, 0.25) is 0 Å². The number of ether oxygens (including phenoxy) is 1. The van der Waals surface area contributed by atoms with Crippen molar-refractivity contribution < 1.29 is 18.3 Å². The highest BCUT2D eigenvalue weighted by atomic mass is 32.2. The molecule has 4 N–H and O–H groups in total. The molecule has 0 aromatic carbocycles. The highest BCUT2D eigenvalue weighted by molar-refractivity contribution is 7.89. The van der Waals surface area contributed by atoms with E-state index in [9.17, 15) is 13.5 Å². The summed E-state index contributed by atoms with van der Waals surface area (Å²) in [6.45, 7) is 0.838. The standard InChI is InChI=1S/C11H19N5O4S/c1-16(8-11(17)2-4-20-5-3-11)21(18,19)9-6-13-10(15-12)14-7-9/h6-7,17H,2-5,8,12H2,1H3,(H,13,14,15).